The lowest BCUT2D eigenvalue weighted by molar-refractivity contribution is 0.542. The Hall–Kier alpha value is -1.29. The maximum atomic E-state index is 6.22. The van der Waals surface area contributed by atoms with Crippen LogP contribution in [0.2, 0.25) is 0 Å². The second kappa shape index (κ2) is 7.53. The van der Waals surface area contributed by atoms with Gasteiger partial charge < -0.3 is 4.52 Å². The van der Waals surface area contributed by atoms with Crippen molar-refractivity contribution in [3.63, 3.8) is 0 Å². The summed E-state index contributed by atoms with van der Waals surface area (Å²) in [6, 6.07) is 16.1. The van der Waals surface area contributed by atoms with Crippen LogP contribution in [0.15, 0.2) is 53.5 Å². The summed E-state index contributed by atoms with van der Waals surface area (Å²) in [5.74, 6) is 0.823. The molecule has 0 unspecified atom stereocenters. The number of nitrogens with zero attached hydrogens (tertiary/aromatic N) is 2. The molecule has 0 saturated carbocycles. The molecule has 1 aliphatic rings. The van der Waals surface area contributed by atoms with E-state index in [1.54, 1.807) is 11.8 Å². The van der Waals surface area contributed by atoms with Crippen molar-refractivity contribution in [2.24, 2.45) is 4.99 Å². The number of aryl methyl sites for hydroxylation is 2. The Balaban J connectivity index is 1.94. The van der Waals surface area contributed by atoms with E-state index in [1.165, 1.54) is 11.1 Å². The van der Waals surface area contributed by atoms with Gasteiger partial charge in [-0.25, -0.2) is 4.99 Å². The number of thioether (sulfide) groups is 1. The summed E-state index contributed by atoms with van der Waals surface area (Å²) in [5, 5.41) is 1.43. The summed E-state index contributed by atoms with van der Waals surface area (Å²) in [7, 11) is 0. The maximum absolute atomic E-state index is 6.22. The second-order valence-electron chi connectivity index (χ2n) is 6.35. The Morgan fingerprint density at radius 2 is 1.76 bits per heavy atom. The molecule has 3 rings (SSSR count). The van der Waals surface area contributed by atoms with Gasteiger partial charge in [0.15, 0.2) is 5.17 Å². The summed E-state index contributed by atoms with van der Waals surface area (Å²) < 4.78 is 8.43. The molecule has 0 bridgehead atoms. The first-order valence-corrected chi connectivity index (χ1v) is 12.3. The van der Waals surface area contributed by atoms with Crippen LogP contribution in [-0.4, -0.2) is 28.3 Å². The Kier molecular flexibility index (Phi) is 5.57. The first kappa shape index (κ1) is 18.5. The van der Waals surface area contributed by atoms with Gasteiger partial charge in [0.2, 0.25) is 6.42 Å². The molecule has 1 heterocycles. The quantitative estimate of drug-likeness (QED) is 0.621. The number of hydrogen-bond acceptors (Lipinski definition) is 4. The lowest BCUT2D eigenvalue weighted by Crippen LogP contribution is -2.24. The molecule has 25 heavy (non-hydrogen) atoms. The molecule has 0 aliphatic carbocycles. The van der Waals surface area contributed by atoms with E-state index < -0.39 is 6.42 Å². The monoisotopic (exact) mass is 390 g/mol. The molecular formula is C19H23N2OPS2. The van der Waals surface area contributed by atoms with Crippen LogP contribution >= 0.6 is 18.2 Å². The summed E-state index contributed by atoms with van der Waals surface area (Å²) in [4.78, 5) is 4.98. The largest absolute Gasteiger partial charge is 0.449 e. The van der Waals surface area contributed by atoms with Crippen molar-refractivity contribution in [1.29, 1.82) is 0 Å². The number of rotatable bonds is 4. The van der Waals surface area contributed by atoms with Gasteiger partial charge in [-0.2, -0.15) is 0 Å². The van der Waals surface area contributed by atoms with Crippen LogP contribution < -0.4 is 4.52 Å². The third-order valence-corrected chi connectivity index (χ3v) is 7.86. The molecule has 0 aromatic heterocycles. The van der Waals surface area contributed by atoms with Crippen LogP contribution in [-0.2, 0) is 11.8 Å². The predicted molar refractivity (Wildman–Crippen MR) is 114 cm³/mol. The SMILES string of the molecule is Cc1cccc(C)c1N=C1S[C@@H](C)CN1[P@@](C)(=S)Oc1ccccc1. The van der Waals surface area contributed by atoms with E-state index in [1.807, 2.05) is 37.0 Å². The Labute approximate surface area is 159 Å². The molecule has 1 fully saturated rings. The standard InChI is InChI=1S/C19H23N2OPS2/c1-14-9-8-10-15(2)18(14)20-19-21(13-16(3)25-19)23(4,24)22-17-11-6-5-7-12-17/h5-12,16H,13H2,1-4H3/t16-,23+/m0/s1. The molecule has 6 heteroatoms. The van der Waals surface area contributed by atoms with Gasteiger partial charge in [-0.3, -0.25) is 4.67 Å². The molecule has 0 spiro atoms. The predicted octanol–water partition coefficient (Wildman–Crippen LogP) is 5.75. The van der Waals surface area contributed by atoms with Crippen LogP contribution in [0.5, 0.6) is 5.75 Å². The van der Waals surface area contributed by atoms with Crippen LogP contribution in [0.3, 0.4) is 0 Å². The lowest BCUT2D eigenvalue weighted by atomic mass is 10.1. The topological polar surface area (TPSA) is 24.8 Å². The minimum atomic E-state index is -2.21. The van der Waals surface area contributed by atoms with Gasteiger partial charge >= 0.3 is 0 Å². The highest BCUT2D eigenvalue weighted by Gasteiger charge is 2.35. The van der Waals surface area contributed by atoms with Gasteiger partial charge in [0.1, 0.15) is 5.75 Å². The van der Waals surface area contributed by atoms with Gasteiger partial charge in [-0.05, 0) is 48.9 Å². The number of aliphatic imine (C=N–C) groups is 1. The van der Waals surface area contributed by atoms with Crippen molar-refractivity contribution in [3.05, 3.63) is 59.7 Å². The highest BCUT2D eigenvalue weighted by atomic mass is 32.4. The maximum Gasteiger partial charge on any atom is 0.203 e. The molecule has 1 saturated heterocycles. The van der Waals surface area contributed by atoms with Crippen molar-refractivity contribution in [1.82, 2.24) is 4.67 Å². The second-order valence-corrected chi connectivity index (χ2v) is 12.1. The van der Waals surface area contributed by atoms with E-state index in [4.69, 9.17) is 21.3 Å². The first-order chi connectivity index (χ1) is 11.9. The summed E-state index contributed by atoms with van der Waals surface area (Å²) in [6.07, 6.45) is -2.21. The molecule has 2 aromatic carbocycles. The molecular weight excluding hydrogens is 367 g/mol. The summed E-state index contributed by atoms with van der Waals surface area (Å²) in [6.45, 7) is 9.32. The third kappa shape index (κ3) is 4.28. The van der Waals surface area contributed by atoms with Crippen molar-refractivity contribution in [3.8, 4) is 5.75 Å². The van der Waals surface area contributed by atoms with E-state index in [0.717, 1.165) is 23.1 Å². The zero-order chi connectivity index (χ0) is 18.0. The fourth-order valence-electron chi connectivity index (χ4n) is 2.79. The van der Waals surface area contributed by atoms with Gasteiger partial charge in [0, 0.05) is 18.5 Å². The van der Waals surface area contributed by atoms with Crippen LogP contribution in [0.25, 0.3) is 0 Å². The number of amidine groups is 1. The van der Waals surface area contributed by atoms with Crippen molar-refractivity contribution >= 4 is 40.8 Å². The minimum absolute atomic E-state index is 0.449. The molecule has 0 N–H and O–H groups in total. The third-order valence-electron chi connectivity index (χ3n) is 4.06. The van der Waals surface area contributed by atoms with Crippen molar-refractivity contribution < 1.29 is 4.52 Å². The number of para-hydroxylation sites is 2. The Morgan fingerprint density at radius 1 is 1.12 bits per heavy atom. The van der Waals surface area contributed by atoms with E-state index in [2.05, 4.69) is 43.6 Å². The fraction of sp³-hybridized carbons (Fsp3) is 0.316. The molecule has 3 nitrogen and oxygen atoms in total. The fourth-order valence-corrected chi connectivity index (χ4v) is 6.79. The average molecular weight is 391 g/mol. The highest BCUT2D eigenvalue weighted by Crippen LogP contribution is 2.52. The zero-order valence-corrected chi connectivity index (χ0v) is 17.5. The Morgan fingerprint density at radius 3 is 2.40 bits per heavy atom. The normalized spacial score (nSPS) is 21.4. The number of hydrogen-bond donors (Lipinski definition) is 0. The minimum Gasteiger partial charge on any atom is -0.449 e. The average Bonchev–Trinajstić information content (AvgIpc) is 2.93. The smallest absolute Gasteiger partial charge is 0.203 e. The molecule has 2 atom stereocenters. The zero-order valence-electron chi connectivity index (χ0n) is 15.0. The number of benzene rings is 2. The van der Waals surface area contributed by atoms with Crippen molar-refractivity contribution in [2.75, 3.05) is 13.2 Å². The van der Waals surface area contributed by atoms with Crippen molar-refractivity contribution in [2.45, 2.75) is 26.0 Å². The first-order valence-electron chi connectivity index (χ1n) is 8.28. The molecule has 0 amide bonds. The van der Waals surface area contributed by atoms with E-state index in [9.17, 15) is 0 Å². The van der Waals surface area contributed by atoms with E-state index in [0.29, 0.717) is 5.25 Å². The molecule has 2 aromatic rings. The molecule has 0 radical (unpaired) electrons. The Bertz CT molecular complexity index is 818. The van der Waals surface area contributed by atoms with Crippen LogP contribution in [0, 0.1) is 13.8 Å². The van der Waals surface area contributed by atoms with E-state index in [-0.39, 0.29) is 0 Å². The highest BCUT2D eigenvalue weighted by molar-refractivity contribution is 8.17. The van der Waals surface area contributed by atoms with E-state index >= 15 is 0 Å². The van der Waals surface area contributed by atoms with Crippen LogP contribution in [0.1, 0.15) is 18.1 Å². The lowest BCUT2D eigenvalue weighted by Gasteiger charge is -2.30. The summed E-state index contributed by atoms with van der Waals surface area (Å²) >= 11 is 7.70. The molecule has 132 valence electrons. The van der Waals surface area contributed by atoms with Crippen LogP contribution in [0.4, 0.5) is 5.69 Å². The van der Waals surface area contributed by atoms with Gasteiger partial charge in [0.05, 0.1) is 5.69 Å². The molecule has 1 aliphatic heterocycles. The van der Waals surface area contributed by atoms with Gasteiger partial charge in [-0.1, -0.05) is 55.1 Å². The summed E-state index contributed by atoms with van der Waals surface area (Å²) in [5.41, 5.74) is 3.40. The van der Waals surface area contributed by atoms with Gasteiger partial charge in [-0.15, -0.1) is 0 Å². The van der Waals surface area contributed by atoms with Gasteiger partial charge in [0.25, 0.3) is 0 Å².